The van der Waals surface area contributed by atoms with E-state index in [0.29, 0.717) is 6.42 Å². The van der Waals surface area contributed by atoms with Crippen molar-refractivity contribution in [2.45, 2.75) is 32.2 Å². The number of aryl methyl sites for hydroxylation is 2. The molecule has 1 aromatic rings. The standard InChI is InChI=1S/C15H20FNO2S/c1-12-7-8-14(19-12)6-4-10-17-13(5-2-3-9-16)11-20-15(17)18/h2,5,7-8,13H,3-4,6,9-11H2,1H3/b5-2+. The summed E-state index contributed by atoms with van der Waals surface area (Å²) >= 11 is 1.34. The number of amides is 1. The summed E-state index contributed by atoms with van der Waals surface area (Å²) in [5.41, 5.74) is 0. The molecular weight excluding hydrogens is 277 g/mol. The van der Waals surface area contributed by atoms with E-state index in [1.807, 2.05) is 36.1 Å². The van der Waals surface area contributed by atoms with Gasteiger partial charge in [-0.1, -0.05) is 23.9 Å². The lowest BCUT2D eigenvalue weighted by atomic mass is 10.2. The molecule has 0 bridgehead atoms. The molecule has 1 unspecified atom stereocenters. The van der Waals surface area contributed by atoms with Crippen molar-refractivity contribution in [3.05, 3.63) is 35.8 Å². The van der Waals surface area contributed by atoms with Crippen molar-refractivity contribution in [2.24, 2.45) is 0 Å². The summed E-state index contributed by atoms with van der Waals surface area (Å²) in [5, 5.41) is 0.121. The van der Waals surface area contributed by atoms with E-state index < -0.39 is 0 Å². The third kappa shape index (κ3) is 4.13. The van der Waals surface area contributed by atoms with Crippen molar-refractivity contribution in [3.8, 4) is 0 Å². The Labute approximate surface area is 123 Å². The zero-order valence-electron chi connectivity index (χ0n) is 11.7. The zero-order chi connectivity index (χ0) is 14.4. The van der Waals surface area contributed by atoms with Crippen LogP contribution in [-0.2, 0) is 6.42 Å². The van der Waals surface area contributed by atoms with Gasteiger partial charge in [0.05, 0.1) is 12.7 Å². The van der Waals surface area contributed by atoms with Gasteiger partial charge in [-0.25, -0.2) is 0 Å². The van der Waals surface area contributed by atoms with Crippen LogP contribution in [0.15, 0.2) is 28.7 Å². The van der Waals surface area contributed by atoms with Crippen LogP contribution in [0.2, 0.25) is 0 Å². The van der Waals surface area contributed by atoms with Crippen molar-refractivity contribution in [1.29, 1.82) is 0 Å². The Morgan fingerprint density at radius 3 is 3.10 bits per heavy atom. The van der Waals surface area contributed by atoms with Crippen LogP contribution in [0.4, 0.5) is 9.18 Å². The smallest absolute Gasteiger partial charge is 0.282 e. The van der Waals surface area contributed by atoms with Gasteiger partial charge in [0.25, 0.3) is 5.24 Å². The third-order valence-electron chi connectivity index (χ3n) is 3.26. The molecule has 2 rings (SSSR count). The normalized spacial score (nSPS) is 19.4. The lowest BCUT2D eigenvalue weighted by molar-refractivity contribution is 0.219. The first-order valence-corrected chi connectivity index (χ1v) is 7.90. The number of rotatable bonds is 7. The van der Waals surface area contributed by atoms with Gasteiger partial charge in [-0.15, -0.1) is 0 Å². The molecule has 110 valence electrons. The van der Waals surface area contributed by atoms with Crippen molar-refractivity contribution in [2.75, 3.05) is 19.0 Å². The van der Waals surface area contributed by atoms with E-state index in [0.717, 1.165) is 36.7 Å². The number of carbonyl (C=O) groups excluding carboxylic acids is 1. The molecule has 1 saturated heterocycles. The van der Waals surface area contributed by atoms with E-state index in [1.165, 1.54) is 11.8 Å². The largest absolute Gasteiger partial charge is 0.466 e. The van der Waals surface area contributed by atoms with E-state index >= 15 is 0 Å². The predicted molar refractivity (Wildman–Crippen MR) is 79.8 cm³/mol. The van der Waals surface area contributed by atoms with Gasteiger partial charge < -0.3 is 9.32 Å². The van der Waals surface area contributed by atoms with Crippen LogP contribution in [0, 0.1) is 6.92 Å². The number of hydrogen-bond donors (Lipinski definition) is 0. The lowest BCUT2D eigenvalue weighted by Gasteiger charge is -2.21. The summed E-state index contributed by atoms with van der Waals surface area (Å²) in [4.78, 5) is 13.7. The summed E-state index contributed by atoms with van der Waals surface area (Å²) in [7, 11) is 0. The number of alkyl halides is 1. The number of thioether (sulfide) groups is 1. The second kappa shape index (κ2) is 7.53. The van der Waals surface area contributed by atoms with Crippen LogP contribution in [0.25, 0.3) is 0 Å². The Morgan fingerprint density at radius 2 is 2.40 bits per heavy atom. The highest BCUT2D eigenvalue weighted by Crippen LogP contribution is 2.25. The molecule has 0 N–H and O–H groups in total. The third-order valence-corrected chi connectivity index (χ3v) is 4.25. The topological polar surface area (TPSA) is 33.5 Å². The molecule has 0 aromatic carbocycles. The second-order valence-electron chi connectivity index (χ2n) is 4.86. The fourth-order valence-electron chi connectivity index (χ4n) is 2.24. The zero-order valence-corrected chi connectivity index (χ0v) is 12.5. The van der Waals surface area contributed by atoms with Crippen molar-refractivity contribution in [3.63, 3.8) is 0 Å². The number of halogens is 1. The number of hydrogen-bond acceptors (Lipinski definition) is 3. The minimum absolute atomic E-state index is 0.109. The summed E-state index contributed by atoms with van der Waals surface area (Å²) in [6.45, 7) is 2.30. The van der Waals surface area contributed by atoms with Crippen molar-refractivity contribution in [1.82, 2.24) is 4.90 Å². The number of carbonyl (C=O) groups is 1. The Balaban J connectivity index is 1.81. The average molecular weight is 297 g/mol. The van der Waals surface area contributed by atoms with E-state index in [4.69, 9.17) is 4.42 Å². The maximum absolute atomic E-state index is 12.1. The van der Waals surface area contributed by atoms with Gasteiger partial charge in [0.15, 0.2) is 0 Å². The number of furan rings is 1. The van der Waals surface area contributed by atoms with E-state index in [-0.39, 0.29) is 18.0 Å². The van der Waals surface area contributed by atoms with Gasteiger partial charge in [-0.2, -0.15) is 0 Å². The molecule has 1 fully saturated rings. The van der Waals surface area contributed by atoms with Crippen LogP contribution in [0.3, 0.4) is 0 Å². The molecule has 2 heterocycles. The summed E-state index contributed by atoms with van der Waals surface area (Å²) < 4.78 is 17.6. The Kier molecular flexibility index (Phi) is 5.71. The maximum atomic E-state index is 12.1. The molecule has 0 aliphatic carbocycles. The molecule has 5 heteroatoms. The number of nitrogens with zero attached hydrogens (tertiary/aromatic N) is 1. The van der Waals surface area contributed by atoms with Crippen LogP contribution in [0.5, 0.6) is 0 Å². The highest BCUT2D eigenvalue weighted by Gasteiger charge is 2.29. The SMILES string of the molecule is Cc1ccc(CCCN2C(=O)SCC2/C=C/CCF)o1. The molecule has 20 heavy (non-hydrogen) atoms. The minimum Gasteiger partial charge on any atom is -0.466 e. The molecule has 1 amide bonds. The molecule has 3 nitrogen and oxygen atoms in total. The van der Waals surface area contributed by atoms with Crippen LogP contribution >= 0.6 is 11.8 Å². The quantitative estimate of drug-likeness (QED) is 0.714. The molecule has 1 aliphatic heterocycles. The average Bonchev–Trinajstić information content (AvgIpc) is 2.99. The van der Waals surface area contributed by atoms with E-state index in [9.17, 15) is 9.18 Å². The van der Waals surface area contributed by atoms with Gasteiger partial charge in [0.2, 0.25) is 0 Å². The van der Waals surface area contributed by atoms with Gasteiger partial charge >= 0.3 is 0 Å². The van der Waals surface area contributed by atoms with Crippen LogP contribution in [0.1, 0.15) is 24.4 Å². The number of allylic oxidation sites excluding steroid dienone is 1. The van der Waals surface area contributed by atoms with Gasteiger partial charge in [-0.3, -0.25) is 9.18 Å². The fourth-order valence-corrected chi connectivity index (χ4v) is 3.24. The van der Waals surface area contributed by atoms with E-state index in [1.54, 1.807) is 0 Å². The van der Waals surface area contributed by atoms with E-state index in [2.05, 4.69) is 0 Å². The summed E-state index contributed by atoms with van der Waals surface area (Å²) in [5.74, 6) is 2.65. The Bertz CT molecular complexity index is 472. The molecule has 0 spiro atoms. The summed E-state index contributed by atoms with van der Waals surface area (Å²) in [6.07, 6.45) is 5.92. The van der Waals surface area contributed by atoms with Crippen LogP contribution < -0.4 is 0 Å². The molecule has 1 aromatic heterocycles. The second-order valence-corrected chi connectivity index (χ2v) is 5.83. The highest BCUT2D eigenvalue weighted by molar-refractivity contribution is 8.13. The van der Waals surface area contributed by atoms with Gasteiger partial charge in [0, 0.05) is 18.7 Å². The monoisotopic (exact) mass is 297 g/mol. The van der Waals surface area contributed by atoms with Gasteiger partial charge in [0.1, 0.15) is 11.5 Å². The maximum Gasteiger partial charge on any atom is 0.282 e. The first-order valence-electron chi connectivity index (χ1n) is 6.92. The molecular formula is C15H20FNO2S. The minimum atomic E-state index is -0.345. The fraction of sp³-hybridized carbons (Fsp3) is 0.533. The molecule has 0 saturated carbocycles. The van der Waals surface area contributed by atoms with Crippen LogP contribution in [-0.4, -0.2) is 35.2 Å². The lowest BCUT2D eigenvalue weighted by Crippen LogP contribution is -2.32. The molecule has 1 atom stereocenters. The Morgan fingerprint density at radius 1 is 1.55 bits per heavy atom. The molecule has 1 aliphatic rings. The van der Waals surface area contributed by atoms with Crippen molar-refractivity contribution < 1.29 is 13.6 Å². The van der Waals surface area contributed by atoms with Crippen molar-refractivity contribution >= 4 is 17.0 Å². The van der Waals surface area contributed by atoms with Gasteiger partial charge in [-0.05, 0) is 31.9 Å². The Hall–Kier alpha value is -1.23. The predicted octanol–water partition coefficient (Wildman–Crippen LogP) is 3.97. The first-order chi connectivity index (χ1) is 9.70. The molecule has 0 radical (unpaired) electrons. The summed E-state index contributed by atoms with van der Waals surface area (Å²) in [6, 6.07) is 4.04. The first kappa shape index (κ1) is 15.2. The highest BCUT2D eigenvalue weighted by atomic mass is 32.2.